The smallest absolute Gasteiger partial charge is 0.117 e. The van der Waals surface area contributed by atoms with E-state index in [0.29, 0.717) is 5.69 Å². The number of benzene rings is 3. The van der Waals surface area contributed by atoms with Gasteiger partial charge in [0.15, 0.2) is 0 Å². The molecule has 0 bridgehead atoms. The molecule has 0 radical (unpaired) electrons. The number of nitroso groups, excluding NO2 is 1. The lowest BCUT2D eigenvalue weighted by atomic mass is 10.1. The summed E-state index contributed by atoms with van der Waals surface area (Å²) in [6, 6.07) is 17.8. The van der Waals surface area contributed by atoms with Crippen molar-refractivity contribution in [3.8, 4) is 5.75 Å². The van der Waals surface area contributed by atoms with Crippen LogP contribution in [0.4, 0.5) is 17.1 Å². The first-order valence-electron chi connectivity index (χ1n) is 6.44. The summed E-state index contributed by atoms with van der Waals surface area (Å²) in [5.74, 6) is 0.187. The summed E-state index contributed by atoms with van der Waals surface area (Å²) in [5.41, 5.74) is 8.05. The lowest BCUT2D eigenvalue weighted by Gasteiger charge is -2.13. The molecule has 0 aliphatic carbocycles. The summed E-state index contributed by atoms with van der Waals surface area (Å²) in [7, 11) is 0. The number of aromatic hydroxyl groups is 1. The minimum atomic E-state index is 0.187. The molecule has 0 spiro atoms. The Labute approximate surface area is 121 Å². The third-order valence-corrected chi connectivity index (χ3v) is 3.19. The van der Waals surface area contributed by atoms with Crippen molar-refractivity contribution < 1.29 is 5.11 Å². The van der Waals surface area contributed by atoms with Crippen LogP contribution in [0.2, 0.25) is 0 Å². The van der Waals surface area contributed by atoms with Crippen LogP contribution in [-0.2, 0) is 0 Å². The normalized spacial score (nSPS) is 10.3. The standard InChI is InChI=1S/C16H13N3O2/c20-12-5-3-4-11(10-12)17-18-15-8-9-16(19-21)14-7-2-1-6-13(14)15/h1-10,17-18,20H. The van der Waals surface area contributed by atoms with E-state index in [0.717, 1.165) is 22.1 Å². The molecule has 3 rings (SSSR count). The zero-order valence-electron chi connectivity index (χ0n) is 11.1. The third-order valence-electron chi connectivity index (χ3n) is 3.19. The molecule has 21 heavy (non-hydrogen) atoms. The second-order valence-corrected chi connectivity index (χ2v) is 4.57. The molecule has 3 aromatic rings. The van der Waals surface area contributed by atoms with Gasteiger partial charge in [0.05, 0.1) is 11.4 Å². The van der Waals surface area contributed by atoms with Crippen LogP contribution in [0, 0.1) is 4.91 Å². The van der Waals surface area contributed by atoms with E-state index in [4.69, 9.17) is 0 Å². The summed E-state index contributed by atoms with van der Waals surface area (Å²) in [4.78, 5) is 10.8. The fourth-order valence-corrected chi connectivity index (χ4v) is 2.19. The average Bonchev–Trinajstić information content (AvgIpc) is 2.52. The van der Waals surface area contributed by atoms with E-state index in [1.165, 1.54) is 0 Å². The predicted molar refractivity (Wildman–Crippen MR) is 84.8 cm³/mol. The van der Waals surface area contributed by atoms with Crippen molar-refractivity contribution in [2.75, 3.05) is 10.9 Å². The summed E-state index contributed by atoms with van der Waals surface area (Å²) in [5, 5.41) is 14.2. The van der Waals surface area contributed by atoms with Crippen molar-refractivity contribution in [1.82, 2.24) is 0 Å². The lowest BCUT2D eigenvalue weighted by molar-refractivity contribution is 0.475. The summed E-state index contributed by atoms with van der Waals surface area (Å²) < 4.78 is 0. The molecular weight excluding hydrogens is 266 g/mol. The number of phenols is 1. The summed E-state index contributed by atoms with van der Waals surface area (Å²) in [6.07, 6.45) is 0. The first kappa shape index (κ1) is 12.9. The topological polar surface area (TPSA) is 73.7 Å². The molecule has 0 amide bonds. The highest BCUT2D eigenvalue weighted by Crippen LogP contribution is 2.31. The molecule has 0 unspecified atom stereocenters. The van der Waals surface area contributed by atoms with Gasteiger partial charge in [-0.2, -0.15) is 0 Å². The van der Waals surface area contributed by atoms with E-state index >= 15 is 0 Å². The Kier molecular flexibility index (Phi) is 3.39. The Morgan fingerprint density at radius 1 is 0.857 bits per heavy atom. The summed E-state index contributed by atoms with van der Waals surface area (Å²) >= 11 is 0. The van der Waals surface area contributed by atoms with Crippen LogP contribution in [0.5, 0.6) is 5.75 Å². The number of hydrogen-bond acceptors (Lipinski definition) is 5. The van der Waals surface area contributed by atoms with Gasteiger partial charge in [0.25, 0.3) is 0 Å². The van der Waals surface area contributed by atoms with Crippen molar-refractivity contribution in [1.29, 1.82) is 0 Å². The van der Waals surface area contributed by atoms with Gasteiger partial charge in [-0.25, -0.2) is 0 Å². The van der Waals surface area contributed by atoms with Crippen molar-refractivity contribution in [2.45, 2.75) is 0 Å². The maximum Gasteiger partial charge on any atom is 0.117 e. The average molecular weight is 279 g/mol. The molecule has 3 N–H and O–H groups in total. The minimum absolute atomic E-state index is 0.187. The zero-order valence-corrected chi connectivity index (χ0v) is 11.1. The van der Waals surface area contributed by atoms with Crippen LogP contribution in [0.15, 0.2) is 65.8 Å². The van der Waals surface area contributed by atoms with Crippen LogP contribution in [-0.4, -0.2) is 5.11 Å². The van der Waals surface area contributed by atoms with E-state index < -0.39 is 0 Å². The molecule has 0 fully saturated rings. The van der Waals surface area contributed by atoms with Gasteiger partial charge in [-0.05, 0) is 29.4 Å². The van der Waals surface area contributed by atoms with Crippen molar-refractivity contribution in [3.05, 3.63) is 65.6 Å². The van der Waals surface area contributed by atoms with Crippen LogP contribution in [0.25, 0.3) is 10.8 Å². The fourth-order valence-electron chi connectivity index (χ4n) is 2.19. The van der Waals surface area contributed by atoms with E-state index in [1.807, 2.05) is 30.3 Å². The van der Waals surface area contributed by atoms with Gasteiger partial charge < -0.3 is 16.0 Å². The molecule has 0 saturated carbocycles. The second kappa shape index (κ2) is 5.50. The van der Waals surface area contributed by atoms with Gasteiger partial charge in [0.1, 0.15) is 11.4 Å². The van der Waals surface area contributed by atoms with Gasteiger partial charge in [0.2, 0.25) is 0 Å². The Balaban J connectivity index is 1.92. The maximum absolute atomic E-state index is 10.8. The number of hydrazine groups is 1. The Bertz CT molecular complexity index is 802. The Hall–Kier alpha value is -3.08. The monoisotopic (exact) mass is 279 g/mol. The number of fused-ring (bicyclic) bond motifs is 1. The molecule has 0 saturated heterocycles. The highest BCUT2D eigenvalue weighted by molar-refractivity contribution is 6.01. The molecule has 0 atom stereocenters. The number of phenolic OH excluding ortho intramolecular Hbond substituents is 1. The highest BCUT2D eigenvalue weighted by atomic mass is 16.3. The molecule has 0 aromatic heterocycles. The van der Waals surface area contributed by atoms with Gasteiger partial charge in [-0.1, -0.05) is 30.3 Å². The quantitative estimate of drug-likeness (QED) is 0.489. The molecule has 5 nitrogen and oxygen atoms in total. The zero-order chi connectivity index (χ0) is 14.7. The summed E-state index contributed by atoms with van der Waals surface area (Å²) in [6.45, 7) is 0. The number of nitrogens with zero attached hydrogens (tertiary/aromatic N) is 1. The minimum Gasteiger partial charge on any atom is -0.508 e. The lowest BCUT2D eigenvalue weighted by Crippen LogP contribution is -2.08. The largest absolute Gasteiger partial charge is 0.508 e. The van der Waals surface area contributed by atoms with Crippen molar-refractivity contribution in [3.63, 3.8) is 0 Å². The third kappa shape index (κ3) is 2.62. The van der Waals surface area contributed by atoms with Crippen LogP contribution in [0.1, 0.15) is 0 Å². The number of hydrogen-bond donors (Lipinski definition) is 3. The highest BCUT2D eigenvalue weighted by Gasteiger charge is 2.05. The molecule has 5 heteroatoms. The first-order valence-corrected chi connectivity index (χ1v) is 6.44. The Morgan fingerprint density at radius 3 is 2.43 bits per heavy atom. The fraction of sp³-hybridized carbons (Fsp3) is 0. The van der Waals surface area contributed by atoms with Crippen molar-refractivity contribution >= 4 is 27.8 Å². The SMILES string of the molecule is O=Nc1ccc(NNc2cccc(O)c2)c2ccccc12. The van der Waals surface area contributed by atoms with Gasteiger partial charge >= 0.3 is 0 Å². The number of anilines is 2. The molecule has 3 aromatic carbocycles. The predicted octanol–water partition coefficient (Wildman–Crippen LogP) is 4.38. The Morgan fingerprint density at radius 2 is 1.67 bits per heavy atom. The van der Waals surface area contributed by atoms with Gasteiger partial charge in [-0.3, -0.25) is 0 Å². The van der Waals surface area contributed by atoms with Gasteiger partial charge in [-0.15, -0.1) is 4.91 Å². The van der Waals surface area contributed by atoms with Crippen LogP contribution < -0.4 is 10.9 Å². The van der Waals surface area contributed by atoms with Gasteiger partial charge in [0, 0.05) is 16.8 Å². The molecule has 0 aliphatic rings. The molecule has 0 aliphatic heterocycles. The van der Waals surface area contributed by atoms with E-state index in [2.05, 4.69) is 16.0 Å². The molecular formula is C16H13N3O2. The van der Waals surface area contributed by atoms with Crippen LogP contribution >= 0.6 is 0 Å². The van der Waals surface area contributed by atoms with E-state index in [-0.39, 0.29) is 5.75 Å². The van der Waals surface area contributed by atoms with Crippen molar-refractivity contribution in [2.24, 2.45) is 5.18 Å². The molecule has 0 heterocycles. The van der Waals surface area contributed by atoms with E-state index in [9.17, 15) is 10.0 Å². The number of nitrogens with one attached hydrogen (secondary N) is 2. The van der Waals surface area contributed by atoms with E-state index in [1.54, 1.807) is 30.3 Å². The first-order chi connectivity index (χ1) is 10.3. The maximum atomic E-state index is 10.8. The number of rotatable bonds is 4. The molecule has 104 valence electrons. The second-order valence-electron chi connectivity index (χ2n) is 4.57. The van der Waals surface area contributed by atoms with Crippen LogP contribution in [0.3, 0.4) is 0 Å².